The molecule has 4 rings (SSSR count). The average Bonchev–Trinajstić information content (AvgIpc) is 3.28. The lowest BCUT2D eigenvalue weighted by Crippen LogP contribution is -2.08. The maximum atomic E-state index is 12.3. The highest BCUT2D eigenvalue weighted by Crippen LogP contribution is 2.26. The van der Waals surface area contributed by atoms with Gasteiger partial charge in [0.1, 0.15) is 6.61 Å². The van der Waals surface area contributed by atoms with E-state index in [1.807, 2.05) is 85.8 Å². The average molecular weight is 455 g/mol. The number of methoxy groups -OCH3 is 1. The third-order valence-corrected chi connectivity index (χ3v) is 5.10. The summed E-state index contributed by atoms with van der Waals surface area (Å²) in [5.41, 5.74) is 4.48. The number of hydrogen-bond donors (Lipinski definition) is 1. The first-order valence-corrected chi connectivity index (χ1v) is 10.9. The summed E-state index contributed by atoms with van der Waals surface area (Å²) in [5, 5.41) is 7.43. The molecule has 0 bridgehead atoms. The topological polar surface area (TPSA) is 78.3 Å². The fourth-order valence-electron chi connectivity index (χ4n) is 3.35. The van der Waals surface area contributed by atoms with Crippen LogP contribution in [0.25, 0.3) is 23.2 Å². The monoisotopic (exact) mass is 454 g/mol. The molecule has 7 nitrogen and oxygen atoms in total. The summed E-state index contributed by atoms with van der Waals surface area (Å²) in [6, 6.07) is 25.4. The molecule has 1 amide bonds. The van der Waals surface area contributed by atoms with Gasteiger partial charge in [-0.1, -0.05) is 54.6 Å². The normalized spacial score (nSPS) is 11.0. The van der Waals surface area contributed by atoms with E-state index in [-0.39, 0.29) is 11.9 Å². The SMILES string of the molecule is COCCOc1nc(-c2ccccc2C)n(-c2ccc(NC(=O)/C=C/c3ccccc3)cc2)n1. The molecule has 0 aliphatic heterocycles. The van der Waals surface area contributed by atoms with Crippen molar-refractivity contribution in [3.8, 4) is 23.1 Å². The number of aryl methyl sites for hydroxylation is 1. The molecule has 4 aromatic rings. The van der Waals surface area contributed by atoms with Gasteiger partial charge in [0.2, 0.25) is 5.91 Å². The standard InChI is InChI=1S/C27H26N4O3/c1-20-8-6-7-11-24(20)26-29-27(34-19-18-33-2)30-31(26)23-15-13-22(14-16-23)28-25(32)17-12-21-9-4-3-5-10-21/h3-17H,18-19H2,1-2H3,(H,28,32)/b17-12+. The Kier molecular flexibility index (Phi) is 7.47. The molecule has 1 N–H and O–H groups in total. The van der Waals surface area contributed by atoms with Crippen LogP contribution in [0.15, 0.2) is 84.9 Å². The Morgan fingerprint density at radius 2 is 1.71 bits per heavy atom. The Labute approximate surface area is 198 Å². The highest BCUT2D eigenvalue weighted by Gasteiger charge is 2.16. The lowest BCUT2D eigenvalue weighted by Gasteiger charge is -2.09. The Morgan fingerprint density at radius 3 is 2.44 bits per heavy atom. The van der Waals surface area contributed by atoms with Gasteiger partial charge in [-0.2, -0.15) is 4.98 Å². The maximum absolute atomic E-state index is 12.3. The number of rotatable bonds is 9. The van der Waals surface area contributed by atoms with Crippen molar-refractivity contribution in [3.05, 3.63) is 96.1 Å². The van der Waals surface area contributed by atoms with Gasteiger partial charge in [-0.05, 0) is 48.4 Å². The van der Waals surface area contributed by atoms with Crippen LogP contribution in [0.2, 0.25) is 0 Å². The summed E-state index contributed by atoms with van der Waals surface area (Å²) < 4.78 is 12.4. The van der Waals surface area contributed by atoms with Crippen molar-refractivity contribution >= 4 is 17.7 Å². The van der Waals surface area contributed by atoms with Crippen LogP contribution in [-0.2, 0) is 9.53 Å². The molecule has 7 heteroatoms. The zero-order chi connectivity index (χ0) is 23.8. The number of nitrogens with one attached hydrogen (secondary N) is 1. The van der Waals surface area contributed by atoms with Gasteiger partial charge in [-0.3, -0.25) is 4.79 Å². The number of amides is 1. The number of carbonyl (C=O) groups excluding carboxylic acids is 1. The highest BCUT2D eigenvalue weighted by molar-refractivity contribution is 6.01. The predicted octanol–water partition coefficient (Wildman–Crippen LogP) is 4.92. The first-order valence-electron chi connectivity index (χ1n) is 10.9. The Bertz CT molecular complexity index is 1260. The maximum Gasteiger partial charge on any atom is 0.336 e. The van der Waals surface area contributed by atoms with Gasteiger partial charge >= 0.3 is 6.01 Å². The highest BCUT2D eigenvalue weighted by atomic mass is 16.5. The van der Waals surface area contributed by atoms with Crippen LogP contribution in [-0.4, -0.2) is 41.0 Å². The zero-order valence-corrected chi connectivity index (χ0v) is 19.1. The molecule has 0 radical (unpaired) electrons. The van der Waals surface area contributed by atoms with Gasteiger partial charge in [-0.15, -0.1) is 5.10 Å². The third-order valence-electron chi connectivity index (χ3n) is 5.10. The number of benzene rings is 3. The number of aromatic nitrogens is 3. The molecule has 0 aliphatic rings. The fraction of sp³-hybridized carbons (Fsp3) is 0.148. The van der Waals surface area contributed by atoms with E-state index in [1.165, 1.54) is 6.08 Å². The minimum atomic E-state index is -0.202. The molecule has 0 fully saturated rings. The minimum absolute atomic E-state index is 0.202. The van der Waals surface area contributed by atoms with Gasteiger partial charge in [0.05, 0.1) is 12.3 Å². The largest absolute Gasteiger partial charge is 0.460 e. The molecule has 0 aliphatic carbocycles. The van der Waals surface area contributed by atoms with Gasteiger partial charge < -0.3 is 14.8 Å². The molecule has 34 heavy (non-hydrogen) atoms. The third kappa shape index (κ3) is 5.76. The number of anilines is 1. The Balaban J connectivity index is 1.54. The number of carbonyl (C=O) groups is 1. The fourth-order valence-corrected chi connectivity index (χ4v) is 3.35. The van der Waals surface area contributed by atoms with E-state index in [0.29, 0.717) is 24.7 Å². The van der Waals surface area contributed by atoms with Crippen LogP contribution in [0.3, 0.4) is 0 Å². The van der Waals surface area contributed by atoms with E-state index in [0.717, 1.165) is 22.4 Å². The van der Waals surface area contributed by atoms with Crippen molar-refractivity contribution in [2.75, 3.05) is 25.6 Å². The van der Waals surface area contributed by atoms with Crippen molar-refractivity contribution in [3.63, 3.8) is 0 Å². The van der Waals surface area contributed by atoms with Crippen molar-refractivity contribution in [1.82, 2.24) is 14.8 Å². The van der Waals surface area contributed by atoms with Gasteiger partial charge in [0.25, 0.3) is 0 Å². The molecule has 1 aromatic heterocycles. The number of ether oxygens (including phenoxy) is 2. The Hall–Kier alpha value is -4.23. The van der Waals surface area contributed by atoms with Crippen LogP contribution in [0.4, 0.5) is 5.69 Å². The molecule has 0 atom stereocenters. The smallest absolute Gasteiger partial charge is 0.336 e. The molecule has 3 aromatic carbocycles. The zero-order valence-electron chi connectivity index (χ0n) is 19.1. The van der Waals surface area contributed by atoms with Crippen LogP contribution >= 0.6 is 0 Å². The van der Waals surface area contributed by atoms with Crippen molar-refractivity contribution in [1.29, 1.82) is 0 Å². The van der Waals surface area contributed by atoms with E-state index in [4.69, 9.17) is 9.47 Å². The number of hydrogen-bond acceptors (Lipinski definition) is 5. The number of nitrogens with zero attached hydrogens (tertiary/aromatic N) is 3. The molecule has 0 saturated carbocycles. The summed E-state index contributed by atoms with van der Waals surface area (Å²) in [7, 11) is 1.62. The van der Waals surface area contributed by atoms with Gasteiger partial charge in [0.15, 0.2) is 5.82 Å². The van der Waals surface area contributed by atoms with Crippen LogP contribution in [0.5, 0.6) is 6.01 Å². The second kappa shape index (κ2) is 11.1. The molecule has 1 heterocycles. The molecule has 0 saturated heterocycles. The van der Waals surface area contributed by atoms with Crippen molar-refractivity contribution in [2.45, 2.75) is 6.92 Å². The van der Waals surface area contributed by atoms with Crippen LogP contribution < -0.4 is 10.1 Å². The van der Waals surface area contributed by atoms with E-state index < -0.39 is 0 Å². The van der Waals surface area contributed by atoms with E-state index in [2.05, 4.69) is 15.4 Å². The summed E-state index contributed by atoms with van der Waals surface area (Å²) in [4.78, 5) is 16.9. The van der Waals surface area contributed by atoms with E-state index in [1.54, 1.807) is 17.9 Å². The minimum Gasteiger partial charge on any atom is -0.460 e. The second-order valence-electron chi connectivity index (χ2n) is 7.57. The first kappa shape index (κ1) is 22.9. The summed E-state index contributed by atoms with van der Waals surface area (Å²) >= 11 is 0. The first-order chi connectivity index (χ1) is 16.6. The van der Waals surface area contributed by atoms with Crippen LogP contribution in [0.1, 0.15) is 11.1 Å². The van der Waals surface area contributed by atoms with E-state index in [9.17, 15) is 4.79 Å². The van der Waals surface area contributed by atoms with Gasteiger partial charge in [0, 0.05) is 24.4 Å². The molecule has 172 valence electrons. The molecule has 0 spiro atoms. The molecular formula is C27H26N4O3. The molecule has 0 unspecified atom stereocenters. The molecular weight excluding hydrogens is 428 g/mol. The summed E-state index contributed by atoms with van der Waals surface area (Å²) in [5.74, 6) is 0.472. The van der Waals surface area contributed by atoms with Crippen LogP contribution in [0, 0.1) is 6.92 Å². The summed E-state index contributed by atoms with van der Waals surface area (Å²) in [6.45, 7) is 2.83. The lowest BCUT2D eigenvalue weighted by atomic mass is 10.1. The predicted molar refractivity (Wildman–Crippen MR) is 133 cm³/mol. The van der Waals surface area contributed by atoms with E-state index >= 15 is 0 Å². The quantitative estimate of drug-likeness (QED) is 0.287. The second-order valence-corrected chi connectivity index (χ2v) is 7.57. The van der Waals surface area contributed by atoms with Crippen molar-refractivity contribution in [2.24, 2.45) is 0 Å². The summed E-state index contributed by atoms with van der Waals surface area (Å²) in [6.07, 6.45) is 3.29. The van der Waals surface area contributed by atoms with Crippen molar-refractivity contribution < 1.29 is 14.3 Å². The Morgan fingerprint density at radius 1 is 0.971 bits per heavy atom. The lowest BCUT2D eigenvalue weighted by molar-refractivity contribution is -0.111. The van der Waals surface area contributed by atoms with Gasteiger partial charge in [-0.25, -0.2) is 4.68 Å².